The van der Waals surface area contributed by atoms with Gasteiger partial charge in [0.05, 0.1) is 0 Å². The molecule has 2 aliphatic heterocycles. The van der Waals surface area contributed by atoms with Gasteiger partial charge in [-0.25, -0.2) is 4.58 Å². The second-order valence-corrected chi connectivity index (χ2v) is 4.09. The van der Waals surface area contributed by atoms with Crippen LogP contribution in [0.3, 0.4) is 0 Å². The highest BCUT2D eigenvalue weighted by atomic mass is 15.2. The van der Waals surface area contributed by atoms with Crippen molar-refractivity contribution < 1.29 is 4.58 Å². The van der Waals surface area contributed by atoms with E-state index in [1.807, 2.05) is 0 Å². The molecule has 68 valence electrons. The van der Waals surface area contributed by atoms with Crippen LogP contribution in [0, 0.1) is 0 Å². The lowest BCUT2D eigenvalue weighted by Crippen LogP contribution is -2.40. The largest absolute Gasteiger partial charge is 0.300 e. The first-order valence-corrected chi connectivity index (χ1v) is 5.16. The SMILES string of the molecule is C=[N+]1CCC(N2CCCC2)CC1. The summed E-state index contributed by atoms with van der Waals surface area (Å²) in [6.07, 6.45) is 5.52. The first-order valence-electron chi connectivity index (χ1n) is 5.16. The molecule has 2 nitrogen and oxygen atoms in total. The van der Waals surface area contributed by atoms with E-state index in [1.165, 1.54) is 51.9 Å². The van der Waals surface area contributed by atoms with Gasteiger partial charge in [-0.05, 0) is 25.9 Å². The summed E-state index contributed by atoms with van der Waals surface area (Å²) in [7, 11) is 0. The Labute approximate surface area is 74.9 Å². The highest BCUT2D eigenvalue weighted by Crippen LogP contribution is 2.18. The predicted octanol–water partition coefficient (Wildman–Crippen LogP) is 0.958. The van der Waals surface area contributed by atoms with Crippen molar-refractivity contribution in [3.8, 4) is 0 Å². The molecule has 0 aromatic carbocycles. The van der Waals surface area contributed by atoms with Crippen LogP contribution in [-0.4, -0.2) is 48.4 Å². The van der Waals surface area contributed by atoms with Gasteiger partial charge < -0.3 is 0 Å². The van der Waals surface area contributed by atoms with Crippen LogP contribution < -0.4 is 0 Å². The molecule has 2 aliphatic rings. The van der Waals surface area contributed by atoms with E-state index in [2.05, 4.69) is 16.2 Å². The van der Waals surface area contributed by atoms with Gasteiger partial charge in [0.2, 0.25) is 0 Å². The van der Waals surface area contributed by atoms with Gasteiger partial charge in [-0.15, -0.1) is 0 Å². The fourth-order valence-electron chi connectivity index (χ4n) is 2.39. The first kappa shape index (κ1) is 8.24. The Morgan fingerprint density at radius 3 is 2.25 bits per heavy atom. The normalized spacial score (nSPS) is 28.2. The van der Waals surface area contributed by atoms with Crippen molar-refractivity contribution in [2.24, 2.45) is 0 Å². The molecule has 0 N–H and O–H groups in total. The van der Waals surface area contributed by atoms with Crippen molar-refractivity contribution in [3.05, 3.63) is 0 Å². The smallest absolute Gasteiger partial charge is 0.143 e. The number of rotatable bonds is 1. The Bertz CT molecular complexity index is 161. The van der Waals surface area contributed by atoms with E-state index >= 15 is 0 Å². The highest BCUT2D eigenvalue weighted by Gasteiger charge is 2.26. The Morgan fingerprint density at radius 1 is 1.08 bits per heavy atom. The van der Waals surface area contributed by atoms with E-state index in [0.717, 1.165) is 6.04 Å². The fourth-order valence-corrected chi connectivity index (χ4v) is 2.39. The summed E-state index contributed by atoms with van der Waals surface area (Å²) < 4.78 is 2.20. The Morgan fingerprint density at radius 2 is 1.67 bits per heavy atom. The molecule has 12 heavy (non-hydrogen) atoms. The van der Waals surface area contributed by atoms with Crippen molar-refractivity contribution in [1.82, 2.24) is 4.90 Å². The molecule has 0 spiro atoms. The molecule has 0 aromatic heterocycles. The standard InChI is InChI=1S/C10H19N2/c1-11-8-4-10(5-9-11)12-6-2-3-7-12/h10H,1-9H2/q+1. The molecule has 0 aliphatic carbocycles. The molecule has 0 unspecified atom stereocenters. The summed E-state index contributed by atoms with van der Waals surface area (Å²) in [4.78, 5) is 2.67. The van der Waals surface area contributed by atoms with Gasteiger partial charge in [0.15, 0.2) is 0 Å². The van der Waals surface area contributed by atoms with Gasteiger partial charge in [0, 0.05) is 18.9 Å². The quantitative estimate of drug-likeness (QED) is 0.527. The molecule has 2 saturated heterocycles. The van der Waals surface area contributed by atoms with Gasteiger partial charge in [-0.2, -0.15) is 0 Å². The van der Waals surface area contributed by atoms with Crippen molar-refractivity contribution in [1.29, 1.82) is 0 Å². The second kappa shape index (κ2) is 3.56. The molecule has 2 fully saturated rings. The van der Waals surface area contributed by atoms with Crippen LogP contribution in [0.4, 0.5) is 0 Å². The van der Waals surface area contributed by atoms with Crippen LogP contribution in [0.1, 0.15) is 25.7 Å². The molecular formula is C10H19N2+. The summed E-state index contributed by atoms with van der Waals surface area (Å²) in [5.41, 5.74) is 0. The van der Waals surface area contributed by atoms with Gasteiger partial charge in [-0.1, -0.05) is 0 Å². The minimum absolute atomic E-state index is 0.880. The van der Waals surface area contributed by atoms with E-state index in [1.54, 1.807) is 0 Å². The number of likely N-dealkylation sites (tertiary alicyclic amines) is 1. The average molecular weight is 167 g/mol. The van der Waals surface area contributed by atoms with Crippen LogP contribution in [0.25, 0.3) is 0 Å². The Hall–Kier alpha value is -0.370. The van der Waals surface area contributed by atoms with Gasteiger partial charge in [-0.3, -0.25) is 4.90 Å². The third-order valence-corrected chi connectivity index (χ3v) is 3.21. The topological polar surface area (TPSA) is 6.25 Å². The van der Waals surface area contributed by atoms with E-state index in [4.69, 9.17) is 0 Å². The molecule has 0 bridgehead atoms. The lowest BCUT2D eigenvalue weighted by atomic mass is 10.1. The van der Waals surface area contributed by atoms with Crippen LogP contribution in [0.2, 0.25) is 0 Å². The Balaban J connectivity index is 1.84. The van der Waals surface area contributed by atoms with E-state index in [-0.39, 0.29) is 0 Å². The number of hydrogen-bond acceptors (Lipinski definition) is 1. The number of nitrogens with zero attached hydrogens (tertiary/aromatic N) is 2. The minimum atomic E-state index is 0.880. The highest BCUT2D eigenvalue weighted by molar-refractivity contribution is 5.14. The van der Waals surface area contributed by atoms with Crippen molar-refractivity contribution >= 4 is 6.72 Å². The summed E-state index contributed by atoms with van der Waals surface area (Å²) in [5.74, 6) is 0. The van der Waals surface area contributed by atoms with Gasteiger partial charge >= 0.3 is 0 Å². The molecule has 0 radical (unpaired) electrons. The van der Waals surface area contributed by atoms with Crippen LogP contribution in [-0.2, 0) is 0 Å². The number of piperidine rings is 1. The molecule has 0 atom stereocenters. The molecule has 0 saturated carbocycles. The van der Waals surface area contributed by atoms with Gasteiger partial charge in [0.25, 0.3) is 0 Å². The zero-order valence-corrected chi connectivity index (χ0v) is 7.84. The van der Waals surface area contributed by atoms with Crippen LogP contribution in [0.15, 0.2) is 0 Å². The van der Waals surface area contributed by atoms with Crippen LogP contribution >= 0.6 is 0 Å². The van der Waals surface area contributed by atoms with E-state index < -0.39 is 0 Å². The maximum absolute atomic E-state index is 3.97. The molecule has 0 amide bonds. The van der Waals surface area contributed by atoms with Crippen LogP contribution in [0.5, 0.6) is 0 Å². The third kappa shape index (κ3) is 1.69. The molecule has 2 heteroatoms. The van der Waals surface area contributed by atoms with Crippen molar-refractivity contribution in [3.63, 3.8) is 0 Å². The molecule has 2 rings (SSSR count). The summed E-state index contributed by atoms with van der Waals surface area (Å²) >= 11 is 0. The second-order valence-electron chi connectivity index (χ2n) is 4.09. The maximum Gasteiger partial charge on any atom is 0.143 e. The van der Waals surface area contributed by atoms with Crippen molar-refractivity contribution in [2.45, 2.75) is 31.7 Å². The molecule has 0 aromatic rings. The lowest BCUT2D eigenvalue weighted by Gasteiger charge is -2.28. The summed E-state index contributed by atoms with van der Waals surface area (Å²) in [5, 5.41) is 0. The van der Waals surface area contributed by atoms with Gasteiger partial charge in [0.1, 0.15) is 19.8 Å². The lowest BCUT2D eigenvalue weighted by molar-refractivity contribution is -0.531. The summed E-state index contributed by atoms with van der Waals surface area (Å²) in [6, 6.07) is 0.880. The van der Waals surface area contributed by atoms with Crippen molar-refractivity contribution in [2.75, 3.05) is 26.2 Å². The first-order chi connectivity index (χ1) is 5.86. The zero-order valence-electron chi connectivity index (χ0n) is 7.84. The summed E-state index contributed by atoms with van der Waals surface area (Å²) in [6.45, 7) is 9.06. The number of hydrogen-bond donors (Lipinski definition) is 0. The van der Waals surface area contributed by atoms with E-state index in [0.29, 0.717) is 0 Å². The Kier molecular flexibility index (Phi) is 2.45. The van der Waals surface area contributed by atoms with E-state index in [9.17, 15) is 0 Å². The molecule has 2 heterocycles. The third-order valence-electron chi connectivity index (χ3n) is 3.21. The predicted molar refractivity (Wildman–Crippen MR) is 50.9 cm³/mol. The maximum atomic E-state index is 3.97. The monoisotopic (exact) mass is 167 g/mol. The fraction of sp³-hybridized carbons (Fsp3) is 0.900. The average Bonchev–Trinajstić information content (AvgIpc) is 2.58. The minimum Gasteiger partial charge on any atom is -0.300 e. The molecular weight excluding hydrogens is 148 g/mol. The zero-order chi connectivity index (χ0) is 8.39.